The SMILES string of the molecule is C[C@H](NC(=O)c1cc(Cl)cc(C(F)(F)F)c1)c1ncnn1-c1ccc(N2CCSCC2=O)cn1. The van der Waals surface area contributed by atoms with Crippen LogP contribution in [0, 0.1) is 0 Å². The summed E-state index contributed by atoms with van der Waals surface area (Å²) in [7, 11) is 0. The molecular formula is C21H18ClF3N6O2S. The van der Waals surface area contributed by atoms with Crippen molar-refractivity contribution in [1.29, 1.82) is 0 Å². The highest BCUT2D eigenvalue weighted by Crippen LogP contribution is 2.32. The molecule has 2 amide bonds. The zero-order valence-electron chi connectivity index (χ0n) is 17.7. The Hall–Kier alpha value is -3.12. The number of halogens is 4. The fourth-order valence-electron chi connectivity index (χ4n) is 3.41. The third kappa shape index (κ3) is 5.17. The summed E-state index contributed by atoms with van der Waals surface area (Å²) in [6.07, 6.45) is -1.80. The first-order valence-corrected chi connectivity index (χ1v) is 11.6. The van der Waals surface area contributed by atoms with Gasteiger partial charge in [-0.25, -0.2) is 9.97 Å². The minimum atomic E-state index is -4.64. The molecule has 1 atom stereocenters. The van der Waals surface area contributed by atoms with Gasteiger partial charge < -0.3 is 10.2 Å². The van der Waals surface area contributed by atoms with Gasteiger partial charge in [0.15, 0.2) is 11.6 Å². The van der Waals surface area contributed by atoms with E-state index in [0.717, 1.165) is 24.0 Å². The smallest absolute Gasteiger partial charge is 0.342 e. The van der Waals surface area contributed by atoms with Gasteiger partial charge in [-0.2, -0.15) is 34.7 Å². The first kappa shape index (κ1) is 24.0. The minimum absolute atomic E-state index is 0.0123. The lowest BCUT2D eigenvalue weighted by atomic mass is 10.1. The van der Waals surface area contributed by atoms with Crippen molar-refractivity contribution in [3.05, 3.63) is 64.8 Å². The number of carbonyl (C=O) groups is 2. The molecule has 1 aromatic carbocycles. The number of anilines is 1. The van der Waals surface area contributed by atoms with Crippen LogP contribution in [0.15, 0.2) is 42.9 Å². The molecule has 0 radical (unpaired) electrons. The van der Waals surface area contributed by atoms with Crippen molar-refractivity contribution in [2.24, 2.45) is 0 Å². The lowest BCUT2D eigenvalue weighted by Gasteiger charge is -2.26. The van der Waals surface area contributed by atoms with E-state index in [0.29, 0.717) is 29.6 Å². The van der Waals surface area contributed by atoms with E-state index >= 15 is 0 Å². The Morgan fingerprint density at radius 2 is 2.03 bits per heavy atom. The van der Waals surface area contributed by atoms with Crippen LogP contribution >= 0.6 is 23.4 Å². The summed E-state index contributed by atoms with van der Waals surface area (Å²) >= 11 is 7.36. The monoisotopic (exact) mass is 510 g/mol. The Morgan fingerprint density at radius 3 is 2.71 bits per heavy atom. The summed E-state index contributed by atoms with van der Waals surface area (Å²) in [6.45, 7) is 2.22. The number of alkyl halides is 3. The summed E-state index contributed by atoms with van der Waals surface area (Å²) in [5, 5.41) is 6.55. The first-order valence-electron chi connectivity index (χ1n) is 10.1. The second-order valence-electron chi connectivity index (χ2n) is 7.42. The summed E-state index contributed by atoms with van der Waals surface area (Å²) in [5.74, 6) is 1.24. The number of benzene rings is 1. The Kier molecular flexibility index (Phi) is 6.80. The highest BCUT2D eigenvalue weighted by molar-refractivity contribution is 8.00. The molecule has 4 rings (SSSR count). The van der Waals surface area contributed by atoms with E-state index in [2.05, 4.69) is 20.4 Å². The zero-order valence-corrected chi connectivity index (χ0v) is 19.3. The quantitative estimate of drug-likeness (QED) is 0.559. The van der Waals surface area contributed by atoms with E-state index in [9.17, 15) is 22.8 Å². The summed E-state index contributed by atoms with van der Waals surface area (Å²) in [6, 6.07) is 5.35. The molecular weight excluding hydrogens is 493 g/mol. The molecule has 34 heavy (non-hydrogen) atoms. The Labute approximate surface area is 201 Å². The number of nitrogens with one attached hydrogen (secondary N) is 1. The molecule has 0 saturated carbocycles. The molecule has 1 saturated heterocycles. The molecule has 0 spiro atoms. The van der Waals surface area contributed by atoms with Gasteiger partial charge in [0.05, 0.1) is 29.2 Å². The lowest BCUT2D eigenvalue weighted by molar-refractivity contribution is -0.137. The predicted octanol–water partition coefficient (Wildman–Crippen LogP) is 3.91. The van der Waals surface area contributed by atoms with Crippen molar-refractivity contribution >= 4 is 40.9 Å². The van der Waals surface area contributed by atoms with Crippen LogP contribution in [0.4, 0.5) is 18.9 Å². The fraction of sp³-hybridized carbons (Fsp3) is 0.286. The highest BCUT2D eigenvalue weighted by atomic mass is 35.5. The average Bonchev–Trinajstić information content (AvgIpc) is 3.29. The normalized spacial score (nSPS) is 15.3. The molecule has 1 N–H and O–H groups in total. The van der Waals surface area contributed by atoms with E-state index in [-0.39, 0.29) is 16.5 Å². The molecule has 178 valence electrons. The van der Waals surface area contributed by atoms with Crippen molar-refractivity contribution in [2.75, 3.05) is 23.0 Å². The van der Waals surface area contributed by atoms with E-state index in [1.807, 2.05) is 0 Å². The van der Waals surface area contributed by atoms with Gasteiger partial charge in [-0.15, -0.1) is 0 Å². The minimum Gasteiger partial charge on any atom is -0.342 e. The van der Waals surface area contributed by atoms with Crippen LogP contribution < -0.4 is 10.2 Å². The van der Waals surface area contributed by atoms with Crippen LogP contribution in [0.1, 0.15) is 34.7 Å². The van der Waals surface area contributed by atoms with Crippen molar-refractivity contribution in [3.8, 4) is 5.82 Å². The number of carbonyl (C=O) groups excluding carboxylic acids is 2. The number of amides is 2. The molecule has 1 fully saturated rings. The van der Waals surface area contributed by atoms with Gasteiger partial charge in [0.1, 0.15) is 6.33 Å². The Bertz CT molecular complexity index is 1220. The predicted molar refractivity (Wildman–Crippen MR) is 121 cm³/mol. The maximum absolute atomic E-state index is 13.1. The topological polar surface area (TPSA) is 93.0 Å². The average molecular weight is 511 g/mol. The number of rotatable bonds is 5. The van der Waals surface area contributed by atoms with Crippen LogP contribution in [0.5, 0.6) is 0 Å². The maximum atomic E-state index is 13.1. The Morgan fingerprint density at radius 1 is 1.24 bits per heavy atom. The second-order valence-corrected chi connectivity index (χ2v) is 8.97. The van der Waals surface area contributed by atoms with Crippen LogP contribution in [0.2, 0.25) is 5.02 Å². The number of hydrogen-bond acceptors (Lipinski definition) is 6. The third-order valence-electron chi connectivity index (χ3n) is 5.04. The molecule has 2 aromatic heterocycles. The number of pyridine rings is 1. The van der Waals surface area contributed by atoms with E-state index < -0.39 is 23.7 Å². The molecule has 1 aliphatic rings. The van der Waals surface area contributed by atoms with Gasteiger partial charge in [-0.1, -0.05) is 11.6 Å². The summed E-state index contributed by atoms with van der Waals surface area (Å²) in [4.78, 5) is 34.9. The van der Waals surface area contributed by atoms with Crippen LogP contribution in [0.3, 0.4) is 0 Å². The molecule has 0 unspecified atom stereocenters. The molecule has 0 aliphatic carbocycles. The van der Waals surface area contributed by atoms with Gasteiger partial charge in [-0.05, 0) is 37.3 Å². The van der Waals surface area contributed by atoms with E-state index in [4.69, 9.17) is 11.6 Å². The van der Waals surface area contributed by atoms with Crippen molar-refractivity contribution in [1.82, 2.24) is 25.1 Å². The van der Waals surface area contributed by atoms with Crippen molar-refractivity contribution < 1.29 is 22.8 Å². The van der Waals surface area contributed by atoms with Gasteiger partial charge >= 0.3 is 6.18 Å². The maximum Gasteiger partial charge on any atom is 0.416 e. The third-order valence-corrected chi connectivity index (χ3v) is 6.18. The molecule has 3 heterocycles. The molecule has 3 aromatic rings. The standard InChI is InChI=1S/C21H18ClF3N6O2S/c1-12(29-20(33)13-6-14(21(23,24)25)8-15(22)7-13)19-27-11-28-31(19)17-3-2-16(9-26-17)30-4-5-34-10-18(30)32/h2-3,6-9,11-12H,4-5,10H2,1H3,(H,29,33)/t12-/m0/s1. The second kappa shape index (κ2) is 9.63. The summed E-state index contributed by atoms with van der Waals surface area (Å²) < 4.78 is 40.6. The lowest BCUT2D eigenvalue weighted by Crippen LogP contribution is -2.38. The largest absolute Gasteiger partial charge is 0.416 e. The number of thioether (sulfide) groups is 1. The molecule has 8 nitrogen and oxygen atoms in total. The zero-order chi connectivity index (χ0) is 24.5. The van der Waals surface area contributed by atoms with Crippen LogP contribution in [0.25, 0.3) is 5.82 Å². The van der Waals surface area contributed by atoms with Crippen molar-refractivity contribution in [3.63, 3.8) is 0 Å². The molecule has 1 aliphatic heterocycles. The Balaban J connectivity index is 1.52. The van der Waals surface area contributed by atoms with Crippen LogP contribution in [-0.4, -0.2) is 49.6 Å². The number of aromatic nitrogens is 4. The highest BCUT2D eigenvalue weighted by Gasteiger charge is 2.32. The van der Waals surface area contributed by atoms with Crippen LogP contribution in [-0.2, 0) is 11.0 Å². The fourth-order valence-corrected chi connectivity index (χ4v) is 4.43. The molecule has 13 heteroatoms. The number of nitrogens with zero attached hydrogens (tertiary/aromatic N) is 5. The number of hydrogen-bond donors (Lipinski definition) is 1. The van der Waals surface area contributed by atoms with Crippen molar-refractivity contribution in [2.45, 2.75) is 19.1 Å². The first-order chi connectivity index (χ1) is 16.1. The summed E-state index contributed by atoms with van der Waals surface area (Å²) in [5.41, 5.74) is -0.584. The van der Waals surface area contributed by atoms with Gasteiger partial charge in [0.25, 0.3) is 5.91 Å². The van der Waals surface area contributed by atoms with Gasteiger partial charge in [-0.3, -0.25) is 9.59 Å². The van der Waals surface area contributed by atoms with E-state index in [1.54, 1.807) is 41.9 Å². The van der Waals surface area contributed by atoms with Gasteiger partial charge in [0, 0.05) is 22.9 Å². The van der Waals surface area contributed by atoms with E-state index in [1.165, 1.54) is 11.0 Å². The van der Waals surface area contributed by atoms with Gasteiger partial charge in [0.2, 0.25) is 5.91 Å². The molecule has 0 bridgehead atoms.